The van der Waals surface area contributed by atoms with Gasteiger partial charge in [-0.1, -0.05) is 24.3 Å². The Bertz CT molecular complexity index is 1320. The van der Waals surface area contributed by atoms with Gasteiger partial charge in [-0.05, 0) is 66.9 Å². The van der Waals surface area contributed by atoms with Crippen molar-refractivity contribution in [3.8, 4) is 5.69 Å². The van der Waals surface area contributed by atoms with Crippen LogP contribution in [0.4, 0.5) is 0 Å². The lowest BCUT2D eigenvalue weighted by molar-refractivity contribution is 0.0689. The summed E-state index contributed by atoms with van der Waals surface area (Å²) in [6.07, 6.45) is 4.65. The first-order valence-corrected chi connectivity index (χ1v) is 12.6. The van der Waals surface area contributed by atoms with Crippen LogP contribution in [0.15, 0.2) is 59.6 Å². The number of imidazole rings is 1. The first-order valence-electron chi connectivity index (χ1n) is 10.7. The summed E-state index contributed by atoms with van der Waals surface area (Å²) in [4.78, 5) is 18.2. The minimum atomic E-state index is -3.58. The molecule has 0 radical (unpaired) electrons. The summed E-state index contributed by atoms with van der Waals surface area (Å²) in [7, 11) is -3.58. The van der Waals surface area contributed by atoms with Crippen LogP contribution in [0, 0.1) is 4.77 Å². The third-order valence-corrected chi connectivity index (χ3v) is 8.44. The molecule has 9 heteroatoms. The lowest BCUT2D eigenvalue weighted by Gasteiger charge is -2.34. The van der Waals surface area contributed by atoms with Crippen LogP contribution in [0.5, 0.6) is 0 Å². The van der Waals surface area contributed by atoms with E-state index >= 15 is 0 Å². The molecule has 0 unspecified atom stereocenters. The Hall–Kier alpha value is -2.75. The van der Waals surface area contributed by atoms with Gasteiger partial charge >= 0.3 is 0 Å². The number of fused-ring (bicyclic) bond motifs is 1. The van der Waals surface area contributed by atoms with Crippen molar-refractivity contribution in [2.24, 2.45) is 0 Å². The van der Waals surface area contributed by atoms with Crippen LogP contribution >= 0.6 is 12.2 Å². The van der Waals surface area contributed by atoms with Crippen LogP contribution in [0.3, 0.4) is 0 Å². The van der Waals surface area contributed by atoms with Crippen LogP contribution in [0.25, 0.3) is 5.69 Å². The average molecular weight is 469 g/mol. The molecular formula is C23H24N4O3S2. The summed E-state index contributed by atoms with van der Waals surface area (Å²) < 4.78 is 30.0. The minimum absolute atomic E-state index is 0.171. The molecule has 3 aromatic rings. The molecule has 5 rings (SSSR count). The molecule has 1 aromatic heterocycles. The molecule has 0 saturated carbocycles. The van der Waals surface area contributed by atoms with Crippen molar-refractivity contribution in [3.63, 3.8) is 0 Å². The van der Waals surface area contributed by atoms with Crippen molar-refractivity contribution in [2.75, 3.05) is 26.2 Å². The SMILES string of the molecule is O=C(c1c[nH]c(=S)n1-c1ccccc1)N1CCN(S(=O)(=O)c2ccc3c(c2)CCC3)CC1. The van der Waals surface area contributed by atoms with Gasteiger partial charge in [0.05, 0.1) is 4.90 Å². The molecule has 1 amide bonds. The Kier molecular flexibility index (Phi) is 5.48. The highest BCUT2D eigenvalue weighted by Crippen LogP contribution is 2.27. The lowest BCUT2D eigenvalue weighted by atomic mass is 10.1. The maximum absolute atomic E-state index is 13.2. The number of carbonyl (C=O) groups excluding carboxylic acids is 1. The second-order valence-electron chi connectivity index (χ2n) is 8.13. The van der Waals surface area contributed by atoms with E-state index in [2.05, 4.69) is 4.98 Å². The van der Waals surface area contributed by atoms with Crippen LogP contribution in [-0.2, 0) is 22.9 Å². The van der Waals surface area contributed by atoms with Crippen LogP contribution in [0.1, 0.15) is 28.0 Å². The van der Waals surface area contributed by atoms with Gasteiger partial charge < -0.3 is 9.88 Å². The first kappa shape index (κ1) is 21.1. The number of rotatable bonds is 4. The maximum Gasteiger partial charge on any atom is 0.272 e. The minimum Gasteiger partial charge on any atom is -0.336 e. The topological polar surface area (TPSA) is 78.4 Å². The quantitative estimate of drug-likeness (QED) is 0.597. The highest BCUT2D eigenvalue weighted by Gasteiger charge is 2.32. The molecule has 0 spiro atoms. The summed E-state index contributed by atoms with van der Waals surface area (Å²) in [5.41, 5.74) is 3.63. The molecule has 166 valence electrons. The van der Waals surface area contributed by atoms with E-state index in [1.165, 1.54) is 9.87 Å². The number of nitrogens with zero attached hydrogens (tertiary/aromatic N) is 3. The number of aryl methyl sites for hydroxylation is 2. The van der Waals surface area contributed by atoms with E-state index in [1.54, 1.807) is 21.7 Å². The average Bonchev–Trinajstić information content (AvgIpc) is 3.45. The number of benzene rings is 2. The van der Waals surface area contributed by atoms with Gasteiger partial charge in [-0.15, -0.1) is 0 Å². The molecule has 0 atom stereocenters. The lowest BCUT2D eigenvalue weighted by Crippen LogP contribution is -2.50. The molecule has 2 aromatic carbocycles. The molecular weight excluding hydrogens is 444 g/mol. The number of aromatic nitrogens is 2. The normalized spacial score (nSPS) is 16.8. The van der Waals surface area contributed by atoms with Crippen LogP contribution in [-0.4, -0.2) is 59.3 Å². The Balaban J connectivity index is 1.32. The number of sulfonamides is 1. The van der Waals surface area contributed by atoms with Crippen molar-refractivity contribution in [3.05, 3.63) is 76.3 Å². The number of aromatic amines is 1. The molecule has 1 aliphatic heterocycles. The van der Waals surface area contributed by atoms with E-state index in [-0.39, 0.29) is 19.0 Å². The van der Waals surface area contributed by atoms with Crippen molar-refractivity contribution >= 4 is 28.1 Å². The number of hydrogen-bond donors (Lipinski definition) is 1. The van der Waals surface area contributed by atoms with E-state index in [4.69, 9.17) is 12.2 Å². The number of para-hydroxylation sites is 1. The number of hydrogen-bond acceptors (Lipinski definition) is 4. The summed E-state index contributed by atoms with van der Waals surface area (Å²) >= 11 is 5.38. The molecule has 2 heterocycles. The summed E-state index contributed by atoms with van der Waals surface area (Å²) in [6, 6.07) is 14.9. The predicted octanol–water partition coefficient (Wildman–Crippen LogP) is 3.17. The number of nitrogens with one attached hydrogen (secondary N) is 1. The largest absolute Gasteiger partial charge is 0.336 e. The zero-order valence-corrected chi connectivity index (χ0v) is 19.2. The van der Waals surface area contributed by atoms with Gasteiger partial charge in [-0.2, -0.15) is 4.31 Å². The van der Waals surface area contributed by atoms with Gasteiger partial charge in [0, 0.05) is 38.1 Å². The second kappa shape index (κ2) is 8.31. The molecule has 7 nitrogen and oxygen atoms in total. The fourth-order valence-corrected chi connectivity index (χ4v) is 6.25. The maximum atomic E-state index is 13.2. The highest BCUT2D eigenvalue weighted by molar-refractivity contribution is 7.89. The Morgan fingerprint density at radius 1 is 0.938 bits per heavy atom. The molecule has 32 heavy (non-hydrogen) atoms. The van der Waals surface area contributed by atoms with E-state index in [0.29, 0.717) is 28.4 Å². The molecule has 0 bridgehead atoms. The third kappa shape index (κ3) is 3.70. The van der Waals surface area contributed by atoms with Crippen LogP contribution in [0.2, 0.25) is 0 Å². The fraction of sp³-hybridized carbons (Fsp3) is 0.304. The van der Waals surface area contributed by atoms with E-state index < -0.39 is 10.0 Å². The van der Waals surface area contributed by atoms with Gasteiger partial charge in [-0.3, -0.25) is 9.36 Å². The number of carbonyl (C=O) groups is 1. The third-order valence-electron chi connectivity index (χ3n) is 6.24. The number of H-pyrrole nitrogens is 1. The van der Waals surface area contributed by atoms with Gasteiger partial charge in [0.2, 0.25) is 10.0 Å². The van der Waals surface area contributed by atoms with Crippen LogP contribution < -0.4 is 0 Å². The van der Waals surface area contributed by atoms with E-state index in [9.17, 15) is 13.2 Å². The Morgan fingerprint density at radius 3 is 2.41 bits per heavy atom. The standard InChI is InChI=1S/C23H24N4O3S2/c28-22(21-16-24-23(31)27(21)19-7-2-1-3-8-19)25-11-13-26(14-12-25)32(29,30)20-10-9-17-5-4-6-18(17)15-20/h1-3,7-10,15-16H,4-6,11-14H2,(H,24,31). The first-order chi connectivity index (χ1) is 15.4. The van der Waals surface area contributed by atoms with Crippen molar-refractivity contribution in [2.45, 2.75) is 24.2 Å². The fourth-order valence-electron chi connectivity index (χ4n) is 4.51. The highest BCUT2D eigenvalue weighted by atomic mass is 32.2. The Labute approximate surface area is 192 Å². The zero-order chi connectivity index (χ0) is 22.3. The van der Waals surface area contributed by atoms with Crippen molar-refractivity contribution < 1.29 is 13.2 Å². The summed E-state index contributed by atoms with van der Waals surface area (Å²) in [5.74, 6) is -0.171. The van der Waals surface area contributed by atoms with Crippen molar-refractivity contribution in [1.29, 1.82) is 0 Å². The zero-order valence-electron chi connectivity index (χ0n) is 17.5. The van der Waals surface area contributed by atoms with Crippen molar-refractivity contribution in [1.82, 2.24) is 18.8 Å². The molecule has 2 aliphatic rings. The monoisotopic (exact) mass is 468 g/mol. The molecule has 1 saturated heterocycles. The van der Waals surface area contributed by atoms with E-state index in [1.807, 2.05) is 42.5 Å². The van der Waals surface area contributed by atoms with E-state index in [0.717, 1.165) is 30.5 Å². The Morgan fingerprint density at radius 2 is 1.66 bits per heavy atom. The molecule has 1 fully saturated rings. The van der Waals surface area contributed by atoms with Gasteiger partial charge in [0.25, 0.3) is 5.91 Å². The predicted molar refractivity (Wildman–Crippen MR) is 124 cm³/mol. The second-order valence-corrected chi connectivity index (χ2v) is 10.5. The molecule has 1 N–H and O–H groups in total. The summed E-state index contributed by atoms with van der Waals surface area (Å²) in [5, 5.41) is 0. The smallest absolute Gasteiger partial charge is 0.272 e. The molecule has 1 aliphatic carbocycles. The summed E-state index contributed by atoms with van der Waals surface area (Å²) in [6.45, 7) is 1.19. The number of piperazine rings is 1. The van der Waals surface area contributed by atoms with Gasteiger partial charge in [0.1, 0.15) is 5.69 Å². The van der Waals surface area contributed by atoms with Gasteiger partial charge in [0.15, 0.2) is 4.77 Å². The number of amides is 1. The van der Waals surface area contributed by atoms with Gasteiger partial charge in [-0.25, -0.2) is 8.42 Å².